The molecule has 1 aromatic heterocycles. The average Bonchev–Trinajstić information content (AvgIpc) is 2.93. The van der Waals surface area contributed by atoms with Gasteiger partial charge in [-0.1, -0.05) is 12.0 Å². The highest BCUT2D eigenvalue weighted by molar-refractivity contribution is 5.67. The molecule has 0 radical (unpaired) electrons. The maximum Gasteiger partial charge on any atom is 0.410 e. The molecule has 10 heteroatoms. The lowest BCUT2D eigenvalue weighted by molar-refractivity contribution is -0.0545. The number of piperidine rings is 2. The van der Waals surface area contributed by atoms with Crippen LogP contribution in [-0.4, -0.2) is 77.6 Å². The Hall–Kier alpha value is -3.42. The van der Waals surface area contributed by atoms with Gasteiger partial charge in [0.2, 0.25) is 11.8 Å². The van der Waals surface area contributed by atoms with Gasteiger partial charge in [-0.05, 0) is 57.2 Å². The van der Waals surface area contributed by atoms with Gasteiger partial charge in [0.25, 0.3) is 0 Å². The lowest BCUT2D eigenvalue weighted by Gasteiger charge is -2.34. The Bertz CT molecular complexity index is 1160. The first-order valence-corrected chi connectivity index (χ1v) is 13.5. The van der Waals surface area contributed by atoms with Crippen LogP contribution < -0.4 is 9.47 Å². The number of halogens is 1. The number of carbonyl (C=O) groups is 1. The van der Waals surface area contributed by atoms with Crippen LogP contribution in [0.2, 0.25) is 0 Å². The van der Waals surface area contributed by atoms with Gasteiger partial charge in [0.05, 0.1) is 6.10 Å². The van der Waals surface area contributed by atoms with Gasteiger partial charge in [-0.25, -0.2) is 19.2 Å². The second kappa shape index (κ2) is 13.6. The standard InChI is InChI=1S/C29H37FN4O5/c1-5-23-27(38-22-12-16-34(17-13-22)29(35)37-20(2)3)31-19-32-28(23)39-25-10-9-21(18-24(25)30)11-15-33-14-7-6-8-26(33)36-4/h1,9-10,18-20,22,26H,6-8,11-17H2,2-4H3/t26-/m1/s1. The number of nitrogens with zero attached hydrogens (tertiary/aromatic N) is 4. The molecule has 0 spiro atoms. The SMILES string of the molecule is C#Cc1c(Oc2ccc(CCN3CCCC[C@H]3OC)cc2F)ncnc1OC1CCN(C(=O)OC(C)C)CC1. The zero-order valence-electron chi connectivity index (χ0n) is 22.9. The number of ether oxygens (including phenoxy) is 4. The van der Waals surface area contributed by atoms with Crippen LogP contribution in [0.25, 0.3) is 0 Å². The summed E-state index contributed by atoms with van der Waals surface area (Å²) in [6.45, 7) is 6.41. The van der Waals surface area contributed by atoms with Crippen molar-refractivity contribution in [3.8, 4) is 29.9 Å². The number of carbonyl (C=O) groups excluding carboxylic acids is 1. The summed E-state index contributed by atoms with van der Waals surface area (Å²) in [7, 11) is 1.73. The van der Waals surface area contributed by atoms with Crippen molar-refractivity contribution in [1.82, 2.24) is 19.8 Å². The van der Waals surface area contributed by atoms with E-state index in [4.69, 9.17) is 25.4 Å². The van der Waals surface area contributed by atoms with Crippen LogP contribution >= 0.6 is 0 Å². The summed E-state index contributed by atoms with van der Waals surface area (Å²) >= 11 is 0. The minimum Gasteiger partial charge on any atom is -0.473 e. The number of terminal acetylenes is 1. The number of benzene rings is 1. The Morgan fingerprint density at radius 1 is 1.15 bits per heavy atom. The maximum atomic E-state index is 15.0. The maximum absolute atomic E-state index is 15.0. The van der Waals surface area contributed by atoms with Crippen LogP contribution in [0.15, 0.2) is 24.5 Å². The van der Waals surface area contributed by atoms with E-state index in [0.29, 0.717) is 32.4 Å². The minimum absolute atomic E-state index is 0.0182. The smallest absolute Gasteiger partial charge is 0.410 e. The van der Waals surface area contributed by atoms with Crippen LogP contribution in [0.4, 0.5) is 9.18 Å². The van der Waals surface area contributed by atoms with Gasteiger partial charge in [0.1, 0.15) is 24.2 Å². The summed E-state index contributed by atoms with van der Waals surface area (Å²) in [5.41, 5.74) is 1.08. The van der Waals surface area contributed by atoms with Crippen molar-refractivity contribution in [3.05, 3.63) is 41.5 Å². The molecule has 0 saturated carbocycles. The Labute approximate surface area is 229 Å². The Balaban J connectivity index is 1.36. The van der Waals surface area contributed by atoms with Crippen molar-refractivity contribution in [2.24, 2.45) is 0 Å². The predicted molar refractivity (Wildman–Crippen MR) is 143 cm³/mol. The van der Waals surface area contributed by atoms with E-state index in [2.05, 4.69) is 20.8 Å². The summed E-state index contributed by atoms with van der Waals surface area (Å²) in [5, 5.41) is 0. The third-order valence-corrected chi connectivity index (χ3v) is 6.95. The van der Waals surface area contributed by atoms with Crippen LogP contribution in [0, 0.1) is 18.2 Å². The highest BCUT2D eigenvalue weighted by Crippen LogP contribution is 2.31. The number of rotatable bonds is 9. The Morgan fingerprint density at radius 3 is 2.62 bits per heavy atom. The van der Waals surface area contributed by atoms with Crippen molar-refractivity contribution in [2.75, 3.05) is 33.3 Å². The second-order valence-corrected chi connectivity index (χ2v) is 10.1. The molecule has 2 saturated heterocycles. The van der Waals surface area contributed by atoms with Crippen LogP contribution in [0.5, 0.6) is 17.5 Å². The number of aromatic nitrogens is 2. The third-order valence-electron chi connectivity index (χ3n) is 6.95. The van der Waals surface area contributed by atoms with Gasteiger partial charge < -0.3 is 23.8 Å². The van der Waals surface area contributed by atoms with E-state index < -0.39 is 5.82 Å². The van der Waals surface area contributed by atoms with Crippen molar-refractivity contribution >= 4 is 6.09 Å². The fraction of sp³-hybridized carbons (Fsp3) is 0.552. The second-order valence-electron chi connectivity index (χ2n) is 10.1. The normalized spacial score (nSPS) is 18.6. The van der Waals surface area contributed by atoms with Gasteiger partial charge in [0, 0.05) is 46.1 Å². The topological polar surface area (TPSA) is 86.3 Å². The average molecular weight is 541 g/mol. The molecule has 9 nitrogen and oxygen atoms in total. The summed E-state index contributed by atoms with van der Waals surface area (Å²) in [5.74, 6) is 2.27. The van der Waals surface area contributed by atoms with E-state index in [1.807, 2.05) is 19.9 Å². The van der Waals surface area contributed by atoms with Gasteiger partial charge in [-0.3, -0.25) is 4.90 Å². The van der Waals surface area contributed by atoms with E-state index >= 15 is 4.39 Å². The number of amides is 1. The van der Waals surface area contributed by atoms with Crippen molar-refractivity contribution in [2.45, 2.75) is 70.8 Å². The number of methoxy groups -OCH3 is 1. The van der Waals surface area contributed by atoms with Crippen LogP contribution in [-0.2, 0) is 15.9 Å². The summed E-state index contributed by atoms with van der Waals surface area (Å²) < 4.78 is 37.7. The summed E-state index contributed by atoms with van der Waals surface area (Å²) in [4.78, 5) is 24.4. The fourth-order valence-electron chi connectivity index (χ4n) is 4.88. The number of hydrogen-bond acceptors (Lipinski definition) is 8. The monoisotopic (exact) mass is 540 g/mol. The predicted octanol–water partition coefficient (Wildman–Crippen LogP) is 4.78. The largest absolute Gasteiger partial charge is 0.473 e. The molecule has 1 aromatic carbocycles. The quantitative estimate of drug-likeness (QED) is 0.420. The van der Waals surface area contributed by atoms with Gasteiger partial charge in [-0.15, -0.1) is 6.42 Å². The molecule has 0 unspecified atom stereocenters. The lowest BCUT2D eigenvalue weighted by atomic mass is 10.1. The highest BCUT2D eigenvalue weighted by atomic mass is 19.1. The molecule has 210 valence electrons. The van der Waals surface area contributed by atoms with Crippen molar-refractivity contribution in [1.29, 1.82) is 0 Å². The van der Waals surface area contributed by atoms with Crippen LogP contribution in [0.3, 0.4) is 0 Å². The first kappa shape index (κ1) is 28.6. The molecule has 4 rings (SSSR count). The first-order chi connectivity index (χ1) is 18.9. The molecular weight excluding hydrogens is 503 g/mol. The van der Waals surface area contributed by atoms with Gasteiger partial charge >= 0.3 is 6.09 Å². The number of likely N-dealkylation sites (tertiary alicyclic amines) is 2. The van der Waals surface area contributed by atoms with Crippen LogP contribution in [0.1, 0.15) is 57.1 Å². The van der Waals surface area contributed by atoms with E-state index in [1.54, 1.807) is 18.1 Å². The molecular formula is C29H37FN4O5. The molecule has 2 aromatic rings. The fourth-order valence-corrected chi connectivity index (χ4v) is 4.88. The molecule has 0 bridgehead atoms. The van der Waals surface area contributed by atoms with Gasteiger partial charge in [0.15, 0.2) is 11.6 Å². The molecule has 2 fully saturated rings. The van der Waals surface area contributed by atoms with E-state index in [9.17, 15) is 4.79 Å². The zero-order chi connectivity index (χ0) is 27.8. The molecule has 39 heavy (non-hydrogen) atoms. The molecule has 2 aliphatic rings. The lowest BCUT2D eigenvalue weighted by Crippen LogP contribution is -2.42. The van der Waals surface area contributed by atoms with Gasteiger partial charge in [-0.2, -0.15) is 0 Å². The molecule has 1 atom stereocenters. The number of hydrogen-bond donors (Lipinski definition) is 0. The Kier molecular flexibility index (Phi) is 9.96. The van der Waals surface area contributed by atoms with Crippen molar-refractivity contribution < 1.29 is 28.1 Å². The molecule has 0 N–H and O–H groups in total. The van der Waals surface area contributed by atoms with E-state index in [-0.39, 0.29) is 47.6 Å². The molecule has 3 heterocycles. The summed E-state index contributed by atoms with van der Waals surface area (Å²) in [6.07, 6.45) is 11.7. The Morgan fingerprint density at radius 2 is 1.92 bits per heavy atom. The van der Waals surface area contributed by atoms with E-state index in [1.165, 1.54) is 18.8 Å². The highest BCUT2D eigenvalue weighted by Gasteiger charge is 2.27. The molecule has 0 aliphatic carbocycles. The zero-order valence-corrected chi connectivity index (χ0v) is 22.9. The minimum atomic E-state index is -0.501. The van der Waals surface area contributed by atoms with E-state index in [0.717, 1.165) is 31.5 Å². The molecule has 1 amide bonds. The first-order valence-electron chi connectivity index (χ1n) is 13.5. The third kappa shape index (κ3) is 7.58. The molecule has 2 aliphatic heterocycles. The van der Waals surface area contributed by atoms with Crippen molar-refractivity contribution in [3.63, 3.8) is 0 Å². The summed E-state index contributed by atoms with van der Waals surface area (Å²) in [6, 6.07) is 4.91.